The molecule has 1 aromatic heterocycles. The molecular weight excluding hydrogens is 210 g/mol. The van der Waals surface area contributed by atoms with Gasteiger partial charge in [0.05, 0.1) is 6.20 Å². The van der Waals surface area contributed by atoms with Gasteiger partial charge in [-0.25, -0.2) is 9.97 Å². The molecule has 16 heavy (non-hydrogen) atoms. The summed E-state index contributed by atoms with van der Waals surface area (Å²) >= 11 is 0. The number of anilines is 2. The van der Waals surface area contributed by atoms with E-state index in [1.165, 1.54) is 6.20 Å². The molecular formula is C8H13N7O. The third-order valence-electron chi connectivity index (χ3n) is 1.68. The Balaban J connectivity index is 3.17. The molecule has 0 aliphatic rings. The minimum absolute atomic E-state index is 0.0133. The second kappa shape index (κ2) is 4.43. The highest BCUT2D eigenvalue weighted by molar-refractivity contribution is 6.03. The quantitative estimate of drug-likeness (QED) is 0.411. The fourth-order valence-corrected chi connectivity index (χ4v) is 0.932. The first-order valence-corrected chi connectivity index (χ1v) is 4.35. The second-order valence-electron chi connectivity index (χ2n) is 3.20. The van der Waals surface area contributed by atoms with Gasteiger partial charge in [0.15, 0.2) is 17.5 Å². The first kappa shape index (κ1) is 11.7. The summed E-state index contributed by atoms with van der Waals surface area (Å²) in [6.07, 6.45) is 1.45. The minimum Gasteiger partial charge on any atom is -0.382 e. The van der Waals surface area contributed by atoms with Gasteiger partial charge in [-0.1, -0.05) is 0 Å². The highest BCUT2D eigenvalue weighted by Gasteiger charge is 2.14. The van der Waals surface area contributed by atoms with Crippen molar-refractivity contribution < 1.29 is 4.79 Å². The number of rotatable bonds is 2. The maximum Gasteiger partial charge on any atom is 0.302 e. The third-order valence-corrected chi connectivity index (χ3v) is 1.68. The average Bonchev–Trinajstić information content (AvgIpc) is 2.16. The van der Waals surface area contributed by atoms with Crippen LogP contribution in [0.4, 0.5) is 11.6 Å². The van der Waals surface area contributed by atoms with Gasteiger partial charge in [-0.3, -0.25) is 4.79 Å². The molecule has 6 N–H and O–H groups in total. The van der Waals surface area contributed by atoms with Crippen LogP contribution in [0, 0.1) is 0 Å². The molecule has 0 aliphatic heterocycles. The number of nitrogens with two attached hydrogens (primary N) is 3. The molecule has 1 rings (SSSR count). The number of nitrogen functional groups attached to an aromatic ring is 1. The van der Waals surface area contributed by atoms with Crippen LogP contribution in [0.25, 0.3) is 0 Å². The topological polar surface area (TPSA) is 137 Å². The van der Waals surface area contributed by atoms with Crippen molar-refractivity contribution in [3.05, 3.63) is 11.9 Å². The number of guanidine groups is 1. The summed E-state index contributed by atoms with van der Waals surface area (Å²) in [5.41, 5.74) is 15.6. The van der Waals surface area contributed by atoms with Crippen LogP contribution in [0.2, 0.25) is 0 Å². The van der Waals surface area contributed by atoms with Gasteiger partial charge in [0.2, 0.25) is 0 Å². The molecule has 0 unspecified atom stereocenters. The number of carbonyl (C=O) groups excluding carboxylic acids is 1. The van der Waals surface area contributed by atoms with Crippen molar-refractivity contribution in [2.45, 2.75) is 0 Å². The lowest BCUT2D eigenvalue weighted by Gasteiger charge is -2.11. The summed E-state index contributed by atoms with van der Waals surface area (Å²) in [7, 11) is 3.52. The zero-order valence-corrected chi connectivity index (χ0v) is 9.01. The SMILES string of the molecule is CN(C)c1cnc(N)c(C(=O)N=C(N)N)n1. The number of hydrogen-bond acceptors (Lipinski definition) is 5. The first-order chi connectivity index (χ1) is 7.41. The number of amides is 1. The summed E-state index contributed by atoms with van der Waals surface area (Å²) in [5.74, 6) is -0.584. The van der Waals surface area contributed by atoms with Crippen molar-refractivity contribution in [3.8, 4) is 0 Å². The molecule has 8 heteroatoms. The highest BCUT2D eigenvalue weighted by Crippen LogP contribution is 2.12. The zero-order chi connectivity index (χ0) is 12.3. The van der Waals surface area contributed by atoms with Crippen LogP contribution in [-0.4, -0.2) is 35.9 Å². The maximum absolute atomic E-state index is 11.5. The lowest BCUT2D eigenvalue weighted by Crippen LogP contribution is -2.25. The molecule has 0 radical (unpaired) electrons. The molecule has 0 aliphatic carbocycles. The van der Waals surface area contributed by atoms with Gasteiger partial charge in [-0.05, 0) is 0 Å². The molecule has 0 saturated carbocycles. The maximum atomic E-state index is 11.5. The summed E-state index contributed by atoms with van der Waals surface area (Å²) in [5, 5.41) is 0. The van der Waals surface area contributed by atoms with Gasteiger partial charge >= 0.3 is 5.91 Å². The molecule has 8 nitrogen and oxygen atoms in total. The zero-order valence-electron chi connectivity index (χ0n) is 9.01. The lowest BCUT2D eigenvalue weighted by atomic mass is 10.4. The third kappa shape index (κ3) is 2.56. The Morgan fingerprint density at radius 2 is 2.06 bits per heavy atom. The highest BCUT2D eigenvalue weighted by atomic mass is 16.1. The van der Waals surface area contributed by atoms with E-state index < -0.39 is 5.91 Å². The van der Waals surface area contributed by atoms with Crippen molar-refractivity contribution in [2.75, 3.05) is 24.7 Å². The molecule has 0 spiro atoms. The van der Waals surface area contributed by atoms with E-state index in [1.807, 2.05) is 0 Å². The van der Waals surface area contributed by atoms with E-state index >= 15 is 0 Å². The predicted octanol–water partition coefficient (Wildman–Crippen LogP) is -1.46. The van der Waals surface area contributed by atoms with Crippen molar-refractivity contribution >= 4 is 23.5 Å². The molecule has 0 fully saturated rings. The fraction of sp³-hybridized carbons (Fsp3) is 0.250. The number of aromatic nitrogens is 2. The van der Waals surface area contributed by atoms with Crippen LogP contribution >= 0.6 is 0 Å². The van der Waals surface area contributed by atoms with E-state index in [9.17, 15) is 4.79 Å². The number of aliphatic imine (C=N–C) groups is 1. The van der Waals surface area contributed by atoms with Crippen LogP contribution in [-0.2, 0) is 0 Å². The van der Waals surface area contributed by atoms with Gasteiger partial charge in [0.1, 0.15) is 5.82 Å². The largest absolute Gasteiger partial charge is 0.382 e. The standard InChI is InChI=1S/C8H13N7O/c1-15(2)4-3-12-6(9)5(13-4)7(16)14-8(10)11/h3H,1-2H3,(H2,9,12)(H4,10,11,14,16). The number of carbonyl (C=O) groups is 1. The van der Waals surface area contributed by atoms with Crippen LogP contribution in [0.15, 0.2) is 11.2 Å². The summed E-state index contributed by atoms with van der Waals surface area (Å²) in [4.78, 5) is 24.3. The Morgan fingerprint density at radius 1 is 1.44 bits per heavy atom. The van der Waals surface area contributed by atoms with E-state index in [2.05, 4.69) is 15.0 Å². The van der Waals surface area contributed by atoms with E-state index in [0.29, 0.717) is 5.82 Å². The number of hydrogen-bond donors (Lipinski definition) is 3. The Labute approximate surface area is 92.2 Å². The Morgan fingerprint density at radius 3 is 2.56 bits per heavy atom. The van der Waals surface area contributed by atoms with Gasteiger partial charge in [-0.2, -0.15) is 4.99 Å². The summed E-state index contributed by atoms with van der Waals surface area (Å²) in [6.45, 7) is 0. The van der Waals surface area contributed by atoms with Crippen molar-refractivity contribution in [2.24, 2.45) is 16.5 Å². The van der Waals surface area contributed by atoms with Crippen molar-refractivity contribution in [1.82, 2.24) is 9.97 Å². The summed E-state index contributed by atoms with van der Waals surface area (Å²) < 4.78 is 0. The Hall–Kier alpha value is -2.38. The van der Waals surface area contributed by atoms with Crippen LogP contribution in [0.5, 0.6) is 0 Å². The second-order valence-corrected chi connectivity index (χ2v) is 3.20. The first-order valence-electron chi connectivity index (χ1n) is 4.35. The van der Waals surface area contributed by atoms with Crippen LogP contribution < -0.4 is 22.1 Å². The van der Waals surface area contributed by atoms with Gasteiger partial charge < -0.3 is 22.1 Å². The van der Waals surface area contributed by atoms with Crippen LogP contribution in [0.1, 0.15) is 10.5 Å². The molecule has 0 bridgehead atoms. The minimum atomic E-state index is -0.714. The molecule has 0 atom stereocenters. The molecule has 0 aromatic carbocycles. The van der Waals surface area contributed by atoms with E-state index in [4.69, 9.17) is 17.2 Å². The van der Waals surface area contributed by atoms with E-state index in [-0.39, 0.29) is 17.5 Å². The Kier molecular flexibility index (Phi) is 3.24. The molecule has 1 aromatic rings. The van der Waals surface area contributed by atoms with Crippen LogP contribution in [0.3, 0.4) is 0 Å². The van der Waals surface area contributed by atoms with Gasteiger partial charge in [0.25, 0.3) is 0 Å². The normalized spacial score (nSPS) is 9.62. The monoisotopic (exact) mass is 223 g/mol. The molecule has 1 amide bonds. The fourth-order valence-electron chi connectivity index (χ4n) is 0.932. The average molecular weight is 223 g/mol. The van der Waals surface area contributed by atoms with Gasteiger partial charge in [-0.15, -0.1) is 0 Å². The summed E-state index contributed by atoms with van der Waals surface area (Å²) in [6, 6.07) is 0. The molecule has 86 valence electrons. The molecule has 1 heterocycles. The Bertz CT molecular complexity index is 436. The van der Waals surface area contributed by atoms with Crippen molar-refractivity contribution in [3.63, 3.8) is 0 Å². The van der Waals surface area contributed by atoms with Gasteiger partial charge in [0, 0.05) is 14.1 Å². The van der Waals surface area contributed by atoms with Crippen molar-refractivity contribution in [1.29, 1.82) is 0 Å². The van der Waals surface area contributed by atoms with E-state index in [0.717, 1.165) is 0 Å². The predicted molar refractivity (Wildman–Crippen MR) is 60.9 cm³/mol. The smallest absolute Gasteiger partial charge is 0.302 e. The molecule has 0 saturated heterocycles. The van der Waals surface area contributed by atoms with E-state index in [1.54, 1.807) is 19.0 Å². The number of nitrogens with zero attached hydrogens (tertiary/aromatic N) is 4. The lowest BCUT2D eigenvalue weighted by molar-refractivity contribution is 0.0998.